The second kappa shape index (κ2) is 5.55. The summed E-state index contributed by atoms with van der Waals surface area (Å²) in [5.74, 6) is -1.41. The molecule has 6 heteroatoms. The van der Waals surface area contributed by atoms with Crippen molar-refractivity contribution < 1.29 is 19.0 Å². The molecule has 2 aromatic rings. The van der Waals surface area contributed by atoms with Crippen LogP contribution in [-0.2, 0) is 10.2 Å². The Morgan fingerprint density at radius 1 is 1.42 bits per heavy atom. The van der Waals surface area contributed by atoms with Crippen LogP contribution in [0.15, 0.2) is 18.3 Å². The van der Waals surface area contributed by atoms with Gasteiger partial charge in [-0.1, -0.05) is 0 Å². The van der Waals surface area contributed by atoms with Crippen molar-refractivity contribution in [3.8, 4) is 6.07 Å². The summed E-state index contributed by atoms with van der Waals surface area (Å²) in [6.45, 7) is 4.57. The topological polar surface area (TPSA) is 74.7 Å². The number of pyridine rings is 1. The number of rotatable bonds is 3. The lowest BCUT2D eigenvalue weighted by Gasteiger charge is -2.35. The van der Waals surface area contributed by atoms with Crippen molar-refractivity contribution in [1.82, 2.24) is 4.40 Å². The predicted octanol–water partition coefficient (Wildman–Crippen LogP) is 4.00. The van der Waals surface area contributed by atoms with E-state index in [0.717, 1.165) is 6.42 Å². The van der Waals surface area contributed by atoms with Gasteiger partial charge in [0.25, 0.3) is 0 Å². The Morgan fingerprint density at radius 3 is 2.73 bits per heavy atom. The van der Waals surface area contributed by atoms with Gasteiger partial charge in [0.2, 0.25) is 0 Å². The smallest absolute Gasteiger partial charge is 0.337 e. The zero-order valence-corrected chi connectivity index (χ0v) is 14.9. The highest BCUT2D eigenvalue weighted by atomic mass is 19.1. The monoisotopic (exact) mass is 356 g/mol. The molecule has 136 valence electrons. The average molecular weight is 356 g/mol. The van der Waals surface area contributed by atoms with Crippen LogP contribution in [0.4, 0.5) is 4.39 Å². The minimum absolute atomic E-state index is 0.0289. The predicted molar refractivity (Wildman–Crippen MR) is 92.8 cm³/mol. The van der Waals surface area contributed by atoms with Gasteiger partial charge in [0.15, 0.2) is 0 Å². The molecular weight excluding hydrogens is 335 g/mol. The van der Waals surface area contributed by atoms with Gasteiger partial charge >= 0.3 is 5.97 Å². The van der Waals surface area contributed by atoms with Crippen LogP contribution in [0.1, 0.15) is 67.1 Å². The molecule has 0 aromatic carbocycles. The van der Waals surface area contributed by atoms with E-state index in [1.807, 2.05) is 13.8 Å². The summed E-state index contributed by atoms with van der Waals surface area (Å²) in [4.78, 5) is 11.7. The summed E-state index contributed by atoms with van der Waals surface area (Å²) in [7, 11) is 0. The number of nitrogens with zero attached hydrogens (tertiary/aromatic N) is 2. The van der Waals surface area contributed by atoms with Crippen molar-refractivity contribution in [2.45, 2.75) is 56.5 Å². The summed E-state index contributed by atoms with van der Waals surface area (Å²) in [5.41, 5.74) is 0.596. The van der Waals surface area contributed by atoms with Gasteiger partial charge in [-0.2, -0.15) is 5.26 Å². The van der Waals surface area contributed by atoms with E-state index in [9.17, 15) is 19.6 Å². The Kier molecular flexibility index (Phi) is 3.64. The van der Waals surface area contributed by atoms with E-state index in [0.29, 0.717) is 42.6 Å². The molecule has 4 rings (SSSR count). The van der Waals surface area contributed by atoms with Crippen LogP contribution in [0.2, 0.25) is 0 Å². The van der Waals surface area contributed by atoms with Gasteiger partial charge in [-0.15, -0.1) is 0 Å². The minimum Gasteiger partial charge on any atom is -0.478 e. The largest absolute Gasteiger partial charge is 0.478 e. The maximum atomic E-state index is 15.0. The number of aromatic carboxylic acids is 1. The lowest BCUT2D eigenvalue weighted by atomic mass is 9.83. The fourth-order valence-electron chi connectivity index (χ4n) is 4.20. The second-order valence-electron chi connectivity index (χ2n) is 8.08. The standard InChI is InChI=1S/C20H21FN2O3/c1-19(2)9-12(3-6-26-19)14-7-13-8-15(18(24)25)17(20(11-22)4-5-20)23(13)10-16(14)21/h7-8,10,12H,3-6,9H2,1-2H3,(H,24,25). The van der Waals surface area contributed by atoms with Crippen LogP contribution in [0, 0.1) is 17.1 Å². The zero-order valence-electron chi connectivity index (χ0n) is 14.9. The zero-order chi connectivity index (χ0) is 18.7. The van der Waals surface area contributed by atoms with Crippen LogP contribution in [-0.4, -0.2) is 27.7 Å². The maximum Gasteiger partial charge on any atom is 0.337 e. The molecule has 1 aliphatic heterocycles. The fraction of sp³-hybridized carbons (Fsp3) is 0.500. The first kappa shape index (κ1) is 17.0. The van der Waals surface area contributed by atoms with Gasteiger partial charge in [0.1, 0.15) is 5.82 Å². The van der Waals surface area contributed by atoms with Crippen molar-refractivity contribution in [3.63, 3.8) is 0 Å². The Labute approximate surface area is 151 Å². The Morgan fingerprint density at radius 2 is 2.15 bits per heavy atom. The first-order valence-electron chi connectivity index (χ1n) is 8.90. The van der Waals surface area contributed by atoms with Crippen LogP contribution >= 0.6 is 0 Å². The molecule has 1 atom stereocenters. The van der Waals surface area contributed by atoms with Crippen LogP contribution in [0.25, 0.3) is 5.52 Å². The highest BCUT2D eigenvalue weighted by molar-refractivity contribution is 5.92. The van der Waals surface area contributed by atoms with Gasteiger partial charge in [-0.25, -0.2) is 9.18 Å². The van der Waals surface area contributed by atoms with E-state index in [1.165, 1.54) is 6.20 Å². The number of hydrogen-bond donors (Lipinski definition) is 1. The van der Waals surface area contributed by atoms with Crippen molar-refractivity contribution in [2.24, 2.45) is 0 Å². The Balaban J connectivity index is 1.86. The summed E-state index contributed by atoms with van der Waals surface area (Å²) in [5, 5.41) is 19.1. The highest BCUT2D eigenvalue weighted by Gasteiger charge is 2.49. The third-order valence-electron chi connectivity index (χ3n) is 5.67. The van der Waals surface area contributed by atoms with E-state index in [4.69, 9.17) is 4.74 Å². The number of carboxylic acids is 1. The lowest BCUT2D eigenvalue weighted by Crippen LogP contribution is -2.33. The molecule has 0 bridgehead atoms. The van der Waals surface area contributed by atoms with Crippen molar-refractivity contribution >= 4 is 11.5 Å². The highest BCUT2D eigenvalue weighted by Crippen LogP contribution is 2.50. The molecule has 1 aliphatic carbocycles. The molecular formula is C20H21FN2O3. The van der Waals surface area contributed by atoms with Gasteiger partial charge in [-0.05, 0) is 63.1 Å². The molecule has 2 aromatic heterocycles. The van der Waals surface area contributed by atoms with Crippen molar-refractivity contribution in [3.05, 3.63) is 41.0 Å². The number of fused-ring (bicyclic) bond motifs is 1. The van der Waals surface area contributed by atoms with E-state index in [2.05, 4.69) is 6.07 Å². The molecule has 26 heavy (non-hydrogen) atoms. The SMILES string of the molecule is CC1(C)CC(c2cc3cc(C(=O)O)c(C4(C#N)CC4)n3cc2F)CCO1. The van der Waals surface area contributed by atoms with Gasteiger partial charge < -0.3 is 14.2 Å². The summed E-state index contributed by atoms with van der Waals surface area (Å²) in [6, 6.07) is 5.53. The molecule has 1 saturated carbocycles. The van der Waals surface area contributed by atoms with E-state index < -0.39 is 11.4 Å². The molecule has 1 N–H and O–H groups in total. The number of carbonyl (C=O) groups is 1. The molecule has 5 nitrogen and oxygen atoms in total. The van der Waals surface area contributed by atoms with Crippen LogP contribution in [0.3, 0.4) is 0 Å². The molecule has 2 aliphatic rings. The molecule has 3 heterocycles. The first-order valence-corrected chi connectivity index (χ1v) is 8.90. The maximum absolute atomic E-state index is 15.0. The molecule has 0 amide bonds. The van der Waals surface area contributed by atoms with Crippen molar-refractivity contribution in [1.29, 1.82) is 5.26 Å². The molecule has 1 saturated heterocycles. The van der Waals surface area contributed by atoms with Gasteiger partial charge in [0.05, 0.1) is 28.3 Å². The van der Waals surface area contributed by atoms with E-state index >= 15 is 0 Å². The third-order valence-corrected chi connectivity index (χ3v) is 5.67. The average Bonchev–Trinajstić information content (AvgIpc) is 3.27. The summed E-state index contributed by atoms with van der Waals surface area (Å²) in [6.07, 6.45) is 4.01. The molecule has 1 unspecified atom stereocenters. The van der Waals surface area contributed by atoms with E-state index in [-0.39, 0.29) is 22.9 Å². The number of nitriles is 1. The Hall–Kier alpha value is -2.39. The fourth-order valence-corrected chi connectivity index (χ4v) is 4.20. The Bertz CT molecular complexity index is 950. The molecule has 2 fully saturated rings. The number of ether oxygens (including phenoxy) is 1. The quantitative estimate of drug-likeness (QED) is 0.902. The summed E-state index contributed by atoms with van der Waals surface area (Å²) >= 11 is 0. The number of hydrogen-bond acceptors (Lipinski definition) is 3. The molecule has 0 spiro atoms. The summed E-state index contributed by atoms with van der Waals surface area (Å²) < 4.78 is 22.3. The van der Waals surface area contributed by atoms with E-state index in [1.54, 1.807) is 16.5 Å². The van der Waals surface area contributed by atoms with Crippen molar-refractivity contribution in [2.75, 3.05) is 6.61 Å². The normalized spacial score (nSPS) is 23.5. The number of carboxylic acid groups (broad SMARTS) is 1. The first-order chi connectivity index (χ1) is 12.3. The van der Waals surface area contributed by atoms with Crippen LogP contribution < -0.4 is 0 Å². The second-order valence-corrected chi connectivity index (χ2v) is 8.08. The van der Waals surface area contributed by atoms with Gasteiger partial charge in [-0.3, -0.25) is 0 Å². The number of halogens is 1. The number of aromatic nitrogens is 1. The van der Waals surface area contributed by atoms with Crippen LogP contribution in [0.5, 0.6) is 0 Å². The van der Waals surface area contributed by atoms with Gasteiger partial charge in [0, 0.05) is 18.3 Å². The lowest BCUT2D eigenvalue weighted by molar-refractivity contribution is -0.0596. The molecule has 0 radical (unpaired) electrons. The minimum atomic E-state index is -1.08. The third kappa shape index (κ3) is 2.58.